The van der Waals surface area contributed by atoms with Gasteiger partial charge in [-0.05, 0) is 75.2 Å². The molecular weight excluding hydrogens is 320 g/mol. The maximum Gasteiger partial charge on any atom is 0.114 e. The van der Waals surface area contributed by atoms with Gasteiger partial charge in [-0.25, -0.2) is 0 Å². The van der Waals surface area contributed by atoms with Crippen molar-refractivity contribution in [1.29, 1.82) is 0 Å². The quantitative estimate of drug-likeness (QED) is 0.352. The average Bonchev–Trinajstić information content (AvgIpc) is 2.57. The van der Waals surface area contributed by atoms with Crippen molar-refractivity contribution in [3.8, 4) is 0 Å². The van der Waals surface area contributed by atoms with Crippen molar-refractivity contribution in [3.63, 3.8) is 0 Å². The number of hydrogen-bond acceptors (Lipinski definition) is 2. The summed E-state index contributed by atoms with van der Waals surface area (Å²) >= 11 is 0. The van der Waals surface area contributed by atoms with Crippen LogP contribution in [0.5, 0.6) is 0 Å². The van der Waals surface area contributed by atoms with Gasteiger partial charge >= 0.3 is 0 Å². The maximum atomic E-state index is 11.5. The predicted octanol–water partition coefficient (Wildman–Crippen LogP) is 6.79. The Morgan fingerprint density at radius 2 is 1.92 bits per heavy atom. The Morgan fingerprint density at radius 3 is 2.58 bits per heavy atom. The monoisotopic (exact) mass is 358 g/mol. The van der Waals surface area contributed by atoms with Crippen molar-refractivity contribution >= 4 is 0 Å². The van der Waals surface area contributed by atoms with Gasteiger partial charge in [0.1, 0.15) is 5.60 Å². The highest BCUT2D eigenvalue weighted by atomic mass is 16.3. The summed E-state index contributed by atoms with van der Waals surface area (Å²) in [7, 11) is 0. The molecule has 0 radical (unpaired) electrons. The van der Waals surface area contributed by atoms with Crippen LogP contribution in [0.25, 0.3) is 0 Å². The van der Waals surface area contributed by atoms with E-state index in [0.29, 0.717) is 5.76 Å². The molecule has 0 saturated carbocycles. The molecule has 2 aliphatic carbocycles. The summed E-state index contributed by atoms with van der Waals surface area (Å²) in [5.74, 6) is 0.201. The summed E-state index contributed by atoms with van der Waals surface area (Å²) in [5, 5.41) is 22.3. The van der Waals surface area contributed by atoms with Gasteiger partial charge in [0.15, 0.2) is 0 Å². The minimum absolute atomic E-state index is 0.175. The van der Waals surface area contributed by atoms with Crippen molar-refractivity contribution in [2.75, 3.05) is 0 Å². The second kappa shape index (κ2) is 9.60. The van der Waals surface area contributed by atoms with E-state index in [2.05, 4.69) is 26.5 Å². The molecule has 0 aromatic carbocycles. The van der Waals surface area contributed by atoms with Gasteiger partial charge in [-0.15, -0.1) is 0 Å². The first-order chi connectivity index (χ1) is 12.4. The number of aliphatic hydroxyl groups excluding tert-OH is 1. The third kappa shape index (κ3) is 5.13. The fourth-order valence-corrected chi connectivity index (χ4v) is 4.52. The molecule has 0 aromatic heterocycles. The van der Waals surface area contributed by atoms with Crippen LogP contribution in [-0.4, -0.2) is 15.8 Å². The molecular formula is C24H38O2. The summed E-state index contributed by atoms with van der Waals surface area (Å²) in [6.45, 7) is 10.3. The van der Waals surface area contributed by atoms with E-state index in [1.165, 1.54) is 37.7 Å². The van der Waals surface area contributed by atoms with E-state index >= 15 is 0 Å². The zero-order valence-corrected chi connectivity index (χ0v) is 17.1. The standard InChI is InChI=1S/C24H38O2/c1-5-6-7-8-9-10-13-20-16-22(25)23(24(26,17-20)18(2)3)21-14-11-12-19(4)15-21/h15-17,21,23,25-26H,2,5-14H2,1,3-4H3/t21?,23-,24?/m1/s1. The molecule has 2 rings (SSSR count). The number of hydrogen-bond donors (Lipinski definition) is 2. The summed E-state index contributed by atoms with van der Waals surface area (Å²) in [5.41, 5.74) is 1.99. The topological polar surface area (TPSA) is 40.5 Å². The molecule has 0 aliphatic heterocycles. The minimum atomic E-state index is -1.14. The third-order valence-corrected chi connectivity index (χ3v) is 6.07. The van der Waals surface area contributed by atoms with Crippen molar-refractivity contribution in [2.45, 2.75) is 90.6 Å². The van der Waals surface area contributed by atoms with Crippen LogP contribution >= 0.6 is 0 Å². The Balaban J connectivity index is 2.09. The molecule has 2 N–H and O–H groups in total. The first-order valence-corrected chi connectivity index (χ1v) is 10.6. The third-order valence-electron chi connectivity index (χ3n) is 6.07. The van der Waals surface area contributed by atoms with Crippen LogP contribution < -0.4 is 0 Å². The van der Waals surface area contributed by atoms with Crippen molar-refractivity contribution in [3.05, 3.63) is 47.3 Å². The van der Waals surface area contributed by atoms with E-state index in [1.54, 1.807) is 0 Å². The Hall–Kier alpha value is -1.28. The average molecular weight is 359 g/mol. The summed E-state index contributed by atoms with van der Waals surface area (Å²) in [6, 6.07) is 0. The predicted molar refractivity (Wildman–Crippen MR) is 111 cm³/mol. The molecule has 2 nitrogen and oxygen atoms in total. The Morgan fingerprint density at radius 1 is 1.23 bits per heavy atom. The van der Waals surface area contributed by atoms with E-state index in [4.69, 9.17) is 0 Å². The normalized spacial score (nSPS) is 29.0. The van der Waals surface area contributed by atoms with Crippen LogP contribution in [0, 0.1) is 11.8 Å². The molecule has 0 heterocycles. The van der Waals surface area contributed by atoms with Crippen molar-refractivity contribution in [2.24, 2.45) is 11.8 Å². The molecule has 0 aromatic rings. The molecule has 0 saturated heterocycles. The highest BCUT2D eigenvalue weighted by molar-refractivity contribution is 5.40. The molecule has 3 atom stereocenters. The molecule has 2 aliphatic rings. The van der Waals surface area contributed by atoms with E-state index in [9.17, 15) is 10.2 Å². The molecule has 26 heavy (non-hydrogen) atoms. The first-order valence-electron chi connectivity index (χ1n) is 10.6. The van der Waals surface area contributed by atoms with Crippen LogP contribution in [-0.2, 0) is 0 Å². The second-order valence-electron chi connectivity index (χ2n) is 8.46. The summed E-state index contributed by atoms with van der Waals surface area (Å²) in [6.07, 6.45) is 17.8. The van der Waals surface area contributed by atoms with Gasteiger partial charge in [-0.1, -0.05) is 57.3 Å². The highest BCUT2D eigenvalue weighted by Crippen LogP contribution is 2.45. The SMILES string of the molecule is C=C(C)C1(O)C=C(CCCCCCCC)C=C(O)[C@H]1C1C=C(C)CCC1. The van der Waals surface area contributed by atoms with E-state index in [1.807, 2.05) is 19.1 Å². The Kier molecular flexibility index (Phi) is 7.76. The first kappa shape index (κ1) is 21.0. The molecule has 0 spiro atoms. The van der Waals surface area contributed by atoms with Gasteiger partial charge < -0.3 is 10.2 Å². The minimum Gasteiger partial charge on any atom is -0.512 e. The van der Waals surface area contributed by atoms with Gasteiger partial charge in [0.2, 0.25) is 0 Å². The zero-order valence-electron chi connectivity index (χ0n) is 17.1. The van der Waals surface area contributed by atoms with Crippen molar-refractivity contribution < 1.29 is 10.2 Å². The second-order valence-corrected chi connectivity index (χ2v) is 8.46. The Bertz CT molecular complexity index is 581. The number of rotatable bonds is 9. The van der Waals surface area contributed by atoms with Crippen LogP contribution in [0.3, 0.4) is 0 Å². The number of unbranched alkanes of at least 4 members (excludes halogenated alkanes) is 5. The molecule has 0 amide bonds. The fraction of sp³-hybridized carbons (Fsp3) is 0.667. The van der Waals surface area contributed by atoms with Crippen LogP contribution in [0.4, 0.5) is 0 Å². The maximum absolute atomic E-state index is 11.5. The molecule has 146 valence electrons. The molecule has 0 bridgehead atoms. The summed E-state index contributed by atoms with van der Waals surface area (Å²) in [4.78, 5) is 0. The molecule has 2 heteroatoms. The van der Waals surface area contributed by atoms with Crippen LogP contribution in [0.1, 0.15) is 85.0 Å². The highest BCUT2D eigenvalue weighted by Gasteiger charge is 2.45. The fourth-order valence-electron chi connectivity index (χ4n) is 4.52. The van der Waals surface area contributed by atoms with Gasteiger partial charge in [0, 0.05) is 0 Å². The van der Waals surface area contributed by atoms with Gasteiger partial charge in [-0.3, -0.25) is 0 Å². The van der Waals surface area contributed by atoms with E-state index in [-0.39, 0.29) is 11.8 Å². The lowest BCUT2D eigenvalue weighted by atomic mass is 9.67. The lowest BCUT2D eigenvalue weighted by molar-refractivity contribution is 0.0328. The van der Waals surface area contributed by atoms with Gasteiger partial charge in [0.05, 0.1) is 11.7 Å². The lowest BCUT2D eigenvalue weighted by Crippen LogP contribution is -2.44. The van der Waals surface area contributed by atoms with E-state index < -0.39 is 5.60 Å². The lowest BCUT2D eigenvalue weighted by Gasteiger charge is -2.42. The molecule has 2 unspecified atom stereocenters. The Labute approximate surface area is 160 Å². The smallest absolute Gasteiger partial charge is 0.114 e. The van der Waals surface area contributed by atoms with E-state index in [0.717, 1.165) is 43.3 Å². The van der Waals surface area contributed by atoms with Gasteiger partial charge in [0.25, 0.3) is 0 Å². The summed E-state index contributed by atoms with van der Waals surface area (Å²) < 4.78 is 0. The number of allylic oxidation sites excluding steroid dienone is 4. The van der Waals surface area contributed by atoms with Crippen LogP contribution in [0.15, 0.2) is 47.3 Å². The van der Waals surface area contributed by atoms with Gasteiger partial charge in [-0.2, -0.15) is 0 Å². The molecule has 0 fully saturated rings. The van der Waals surface area contributed by atoms with Crippen molar-refractivity contribution in [1.82, 2.24) is 0 Å². The largest absolute Gasteiger partial charge is 0.512 e. The number of aliphatic hydroxyl groups is 2. The zero-order chi connectivity index (χ0) is 19.2. The van der Waals surface area contributed by atoms with Crippen LogP contribution in [0.2, 0.25) is 0 Å².